The molecule has 0 atom stereocenters. The summed E-state index contributed by atoms with van der Waals surface area (Å²) in [6.45, 7) is 3.82. The van der Waals surface area contributed by atoms with Gasteiger partial charge in [0, 0.05) is 38.3 Å². The highest BCUT2D eigenvalue weighted by Crippen LogP contribution is 2.31. The number of nitrogens with one attached hydrogen (secondary N) is 1. The molecule has 1 aromatic heterocycles. The van der Waals surface area contributed by atoms with Gasteiger partial charge in [0.2, 0.25) is 10.0 Å². The summed E-state index contributed by atoms with van der Waals surface area (Å²) in [6.07, 6.45) is 1.49. The number of amides is 1. The molecule has 0 saturated carbocycles. The number of aromatic nitrogens is 1. The molecule has 1 amide bonds. The molecule has 0 unspecified atom stereocenters. The molecule has 0 aliphatic carbocycles. The zero-order valence-corrected chi connectivity index (χ0v) is 19.7. The molecule has 0 spiro atoms. The zero-order valence-electron chi connectivity index (χ0n) is 18.9. The van der Waals surface area contributed by atoms with Gasteiger partial charge >= 0.3 is 0 Å². The fraction of sp³-hybridized carbons (Fsp3) is 0.320. The molecule has 8 heteroatoms. The van der Waals surface area contributed by atoms with Crippen molar-refractivity contribution < 1.29 is 17.9 Å². The number of ether oxygens (including phenoxy) is 1. The minimum Gasteiger partial charge on any atom is -0.379 e. The molecule has 1 aliphatic heterocycles. The molecule has 1 N–H and O–H groups in total. The van der Waals surface area contributed by atoms with Gasteiger partial charge in [0.25, 0.3) is 5.91 Å². The molecule has 2 aromatic carbocycles. The quantitative estimate of drug-likeness (QED) is 0.580. The smallest absolute Gasteiger partial charge is 0.267 e. The predicted octanol–water partition coefficient (Wildman–Crippen LogP) is 2.78. The van der Waals surface area contributed by atoms with E-state index in [1.807, 2.05) is 36.4 Å². The fourth-order valence-electron chi connectivity index (χ4n) is 4.17. The minimum absolute atomic E-state index is 0.117. The third-order valence-electron chi connectivity index (χ3n) is 6.24. The summed E-state index contributed by atoms with van der Waals surface area (Å²) in [4.78, 5) is 13.2. The van der Waals surface area contributed by atoms with Crippen molar-refractivity contribution in [3.05, 3.63) is 89.7 Å². The molecule has 3 aromatic rings. The molecule has 0 bridgehead atoms. The number of aryl methyl sites for hydroxylation is 1. The maximum Gasteiger partial charge on any atom is 0.267 e. The van der Waals surface area contributed by atoms with Crippen LogP contribution >= 0.6 is 0 Å². The topological polar surface area (TPSA) is 80.6 Å². The van der Waals surface area contributed by atoms with E-state index in [1.165, 1.54) is 16.6 Å². The van der Waals surface area contributed by atoms with Gasteiger partial charge in [0.1, 0.15) is 10.6 Å². The van der Waals surface area contributed by atoms with Gasteiger partial charge in [-0.3, -0.25) is 4.79 Å². The normalized spacial score (nSPS) is 15.3. The number of morpholine rings is 1. The van der Waals surface area contributed by atoms with Crippen LogP contribution in [-0.4, -0.2) is 56.0 Å². The molecule has 1 fully saturated rings. The average Bonchev–Trinajstić information content (AvgIpc) is 3.26. The van der Waals surface area contributed by atoms with E-state index in [9.17, 15) is 13.2 Å². The number of rotatable bonds is 7. The Morgan fingerprint density at radius 2 is 1.55 bits per heavy atom. The number of hydrogen-bond donors (Lipinski definition) is 1. The Morgan fingerprint density at radius 3 is 2.09 bits per heavy atom. The summed E-state index contributed by atoms with van der Waals surface area (Å²) < 4.78 is 34.2. The Bertz CT molecular complexity index is 1160. The Morgan fingerprint density at radius 1 is 1.00 bits per heavy atom. The Kier molecular flexibility index (Phi) is 6.69. The Hall–Kier alpha value is -2.94. The number of benzene rings is 2. The first kappa shape index (κ1) is 23.2. The maximum absolute atomic E-state index is 13.1. The van der Waals surface area contributed by atoms with Gasteiger partial charge < -0.3 is 14.6 Å². The molecule has 7 nitrogen and oxygen atoms in total. The summed E-state index contributed by atoms with van der Waals surface area (Å²) in [5.74, 6) is -0.320. The number of carbonyl (C=O) groups excluding carboxylic acids is 1. The summed E-state index contributed by atoms with van der Waals surface area (Å²) in [6, 6.07) is 21.5. The summed E-state index contributed by atoms with van der Waals surface area (Å²) in [5, 5.41) is 3.03. The number of carbonyl (C=O) groups is 1. The lowest BCUT2D eigenvalue weighted by Crippen LogP contribution is -2.40. The molecule has 2 heterocycles. The summed E-state index contributed by atoms with van der Waals surface area (Å²) >= 11 is 0. The van der Waals surface area contributed by atoms with Crippen LogP contribution in [0.15, 0.2) is 77.8 Å². The largest absolute Gasteiger partial charge is 0.379 e. The first-order valence-corrected chi connectivity index (χ1v) is 12.4. The van der Waals surface area contributed by atoms with E-state index < -0.39 is 15.4 Å². The van der Waals surface area contributed by atoms with E-state index in [2.05, 4.69) is 36.5 Å². The van der Waals surface area contributed by atoms with E-state index in [4.69, 9.17) is 4.74 Å². The minimum atomic E-state index is -3.67. The highest BCUT2D eigenvalue weighted by Gasteiger charge is 2.31. The lowest BCUT2D eigenvalue weighted by atomic mass is 9.76. The summed E-state index contributed by atoms with van der Waals surface area (Å²) in [5.41, 5.74) is 2.01. The van der Waals surface area contributed by atoms with Crippen molar-refractivity contribution in [2.75, 3.05) is 32.8 Å². The van der Waals surface area contributed by atoms with E-state index in [1.54, 1.807) is 11.6 Å². The predicted molar refractivity (Wildman–Crippen MR) is 127 cm³/mol. The highest BCUT2D eigenvalue weighted by atomic mass is 32.2. The van der Waals surface area contributed by atoms with E-state index in [0.717, 1.165) is 11.1 Å². The van der Waals surface area contributed by atoms with Crippen LogP contribution in [0, 0.1) is 0 Å². The van der Waals surface area contributed by atoms with Crippen molar-refractivity contribution >= 4 is 15.9 Å². The maximum atomic E-state index is 13.1. The average molecular weight is 468 g/mol. The van der Waals surface area contributed by atoms with Crippen LogP contribution in [0.2, 0.25) is 0 Å². The van der Waals surface area contributed by atoms with Gasteiger partial charge in [0.15, 0.2) is 0 Å². The monoisotopic (exact) mass is 467 g/mol. The van der Waals surface area contributed by atoms with Crippen LogP contribution in [0.4, 0.5) is 0 Å². The van der Waals surface area contributed by atoms with Gasteiger partial charge in [-0.2, -0.15) is 4.31 Å². The third kappa shape index (κ3) is 4.73. The summed E-state index contributed by atoms with van der Waals surface area (Å²) in [7, 11) is -1.99. The number of nitrogens with zero attached hydrogens (tertiary/aromatic N) is 2. The zero-order chi connectivity index (χ0) is 23.5. The van der Waals surface area contributed by atoms with Crippen molar-refractivity contribution in [3.8, 4) is 0 Å². The highest BCUT2D eigenvalue weighted by molar-refractivity contribution is 7.89. The molecule has 33 heavy (non-hydrogen) atoms. The SMILES string of the molecule is Cn1cc(S(=O)(=O)N2CCOCC2)cc1C(=O)NCC(C)(c1ccccc1)c1ccccc1. The molecular weight excluding hydrogens is 438 g/mol. The third-order valence-corrected chi connectivity index (χ3v) is 8.11. The molecule has 1 aliphatic rings. The Balaban J connectivity index is 1.57. The van der Waals surface area contributed by atoms with Gasteiger partial charge in [-0.1, -0.05) is 60.7 Å². The molecule has 0 radical (unpaired) electrons. The second kappa shape index (κ2) is 9.51. The van der Waals surface area contributed by atoms with Gasteiger partial charge in [0.05, 0.1) is 13.2 Å². The lowest BCUT2D eigenvalue weighted by molar-refractivity contribution is 0.0730. The van der Waals surface area contributed by atoms with Crippen LogP contribution in [0.5, 0.6) is 0 Å². The number of sulfonamides is 1. The van der Waals surface area contributed by atoms with Crippen molar-refractivity contribution in [2.45, 2.75) is 17.2 Å². The molecule has 4 rings (SSSR count). The van der Waals surface area contributed by atoms with Crippen LogP contribution in [0.1, 0.15) is 28.5 Å². The van der Waals surface area contributed by atoms with Crippen LogP contribution in [0.3, 0.4) is 0 Å². The van der Waals surface area contributed by atoms with Crippen molar-refractivity contribution in [2.24, 2.45) is 7.05 Å². The lowest BCUT2D eigenvalue weighted by Gasteiger charge is -2.31. The fourth-order valence-corrected chi connectivity index (χ4v) is 5.65. The Labute approximate surface area is 195 Å². The molecule has 1 saturated heterocycles. The standard InChI is InChI=1S/C25H29N3O4S/c1-25(20-9-5-3-6-10-20,21-11-7-4-8-12-21)19-26-24(29)23-17-22(18-27(23)2)33(30,31)28-13-15-32-16-14-28/h3-12,17-18H,13-16,19H2,1-2H3,(H,26,29). The van der Waals surface area contributed by atoms with Crippen LogP contribution in [0.25, 0.3) is 0 Å². The van der Waals surface area contributed by atoms with Crippen LogP contribution in [-0.2, 0) is 27.2 Å². The molecule has 174 valence electrons. The van der Waals surface area contributed by atoms with Crippen LogP contribution < -0.4 is 5.32 Å². The molecular formula is C25H29N3O4S. The van der Waals surface area contributed by atoms with Gasteiger partial charge in [-0.15, -0.1) is 0 Å². The van der Waals surface area contributed by atoms with Crippen molar-refractivity contribution in [1.29, 1.82) is 0 Å². The van der Waals surface area contributed by atoms with E-state index in [0.29, 0.717) is 38.5 Å². The second-order valence-corrected chi connectivity index (χ2v) is 10.4. The van der Waals surface area contributed by atoms with E-state index >= 15 is 0 Å². The van der Waals surface area contributed by atoms with Gasteiger partial charge in [-0.25, -0.2) is 8.42 Å². The first-order chi connectivity index (χ1) is 15.8. The van der Waals surface area contributed by atoms with Crippen molar-refractivity contribution in [1.82, 2.24) is 14.2 Å². The number of hydrogen-bond acceptors (Lipinski definition) is 4. The first-order valence-electron chi connectivity index (χ1n) is 11.0. The van der Waals surface area contributed by atoms with Crippen molar-refractivity contribution in [3.63, 3.8) is 0 Å². The van der Waals surface area contributed by atoms with Gasteiger partial charge in [-0.05, 0) is 24.1 Å². The van der Waals surface area contributed by atoms with E-state index in [-0.39, 0.29) is 10.8 Å². The second-order valence-electron chi connectivity index (χ2n) is 8.44.